The summed E-state index contributed by atoms with van der Waals surface area (Å²) in [6.45, 7) is -0.548. The van der Waals surface area contributed by atoms with E-state index in [0.29, 0.717) is 15.8 Å². The SMILES string of the molecule is COc1cccc(CN(C(=O)CN(c2cccc(Cl)c2)S(=O)(=O)c2ccc(Cl)cc2)[C@@H](Cc2ccccc2)C(=O)NC2CCCC2)c1. The highest BCUT2D eigenvalue weighted by atomic mass is 35.5. The zero-order valence-electron chi connectivity index (χ0n) is 26.0. The molecule has 1 N–H and O–H groups in total. The molecule has 1 aliphatic rings. The van der Waals surface area contributed by atoms with Gasteiger partial charge in [0.25, 0.3) is 10.0 Å². The Bertz CT molecular complexity index is 1780. The molecule has 0 bridgehead atoms. The van der Waals surface area contributed by atoms with Crippen molar-refractivity contribution in [2.75, 3.05) is 18.0 Å². The minimum absolute atomic E-state index is 0.0165. The lowest BCUT2D eigenvalue weighted by molar-refractivity contribution is -0.140. The summed E-state index contributed by atoms with van der Waals surface area (Å²) in [4.78, 5) is 30.2. The van der Waals surface area contributed by atoms with Crippen LogP contribution in [0.3, 0.4) is 0 Å². The summed E-state index contributed by atoms with van der Waals surface area (Å²) >= 11 is 12.4. The first kappa shape index (κ1) is 34.3. The number of carbonyl (C=O) groups excluding carboxylic acids is 2. The van der Waals surface area contributed by atoms with Gasteiger partial charge in [-0.2, -0.15) is 0 Å². The minimum atomic E-state index is -4.28. The van der Waals surface area contributed by atoms with Gasteiger partial charge in [-0.15, -0.1) is 0 Å². The summed E-state index contributed by atoms with van der Waals surface area (Å²) in [5.74, 6) is -0.254. The predicted molar refractivity (Wildman–Crippen MR) is 185 cm³/mol. The summed E-state index contributed by atoms with van der Waals surface area (Å²) in [5, 5.41) is 3.85. The van der Waals surface area contributed by atoms with Crippen LogP contribution in [0.5, 0.6) is 5.75 Å². The van der Waals surface area contributed by atoms with E-state index in [2.05, 4.69) is 5.32 Å². The van der Waals surface area contributed by atoms with Gasteiger partial charge >= 0.3 is 0 Å². The number of sulfonamides is 1. The molecule has 5 rings (SSSR count). The second kappa shape index (κ2) is 15.7. The van der Waals surface area contributed by atoms with Crippen molar-refractivity contribution in [3.8, 4) is 5.75 Å². The second-order valence-corrected chi connectivity index (χ2v) is 14.2. The Hall–Kier alpha value is -4.05. The average molecular weight is 695 g/mol. The Kier molecular flexibility index (Phi) is 11.4. The van der Waals surface area contributed by atoms with Crippen LogP contribution in [0.25, 0.3) is 0 Å². The zero-order valence-corrected chi connectivity index (χ0v) is 28.3. The summed E-state index contributed by atoms with van der Waals surface area (Å²) in [6, 6.07) is 27.9. The number of rotatable bonds is 13. The van der Waals surface area contributed by atoms with Crippen LogP contribution in [-0.4, -0.2) is 50.9 Å². The molecule has 1 saturated carbocycles. The molecule has 246 valence electrons. The molecular formula is C36H37Cl2N3O5S. The van der Waals surface area contributed by atoms with E-state index in [1.165, 1.54) is 35.2 Å². The number of benzene rings is 4. The number of anilines is 1. The number of halogens is 2. The number of nitrogens with zero attached hydrogens (tertiary/aromatic N) is 2. The van der Waals surface area contributed by atoms with Gasteiger partial charge in [-0.3, -0.25) is 13.9 Å². The first-order valence-electron chi connectivity index (χ1n) is 15.4. The largest absolute Gasteiger partial charge is 0.497 e. The van der Waals surface area contributed by atoms with Crippen LogP contribution in [0, 0.1) is 0 Å². The molecule has 0 unspecified atom stereocenters. The van der Waals surface area contributed by atoms with Crippen molar-refractivity contribution in [2.24, 2.45) is 0 Å². The van der Waals surface area contributed by atoms with Crippen molar-refractivity contribution in [1.82, 2.24) is 10.2 Å². The van der Waals surface area contributed by atoms with Crippen molar-refractivity contribution in [3.05, 3.63) is 124 Å². The topological polar surface area (TPSA) is 96.0 Å². The molecule has 2 amide bonds. The van der Waals surface area contributed by atoms with E-state index < -0.39 is 28.5 Å². The smallest absolute Gasteiger partial charge is 0.264 e. The van der Waals surface area contributed by atoms with E-state index in [-0.39, 0.29) is 35.5 Å². The van der Waals surface area contributed by atoms with Gasteiger partial charge in [-0.25, -0.2) is 8.42 Å². The van der Waals surface area contributed by atoms with Crippen molar-refractivity contribution in [3.63, 3.8) is 0 Å². The normalized spacial score (nSPS) is 13.9. The van der Waals surface area contributed by atoms with Gasteiger partial charge < -0.3 is 15.0 Å². The molecule has 1 fully saturated rings. The number of nitrogens with one attached hydrogen (secondary N) is 1. The molecule has 0 spiro atoms. The predicted octanol–water partition coefficient (Wildman–Crippen LogP) is 6.90. The fraction of sp³-hybridized carbons (Fsp3) is 0.278. The lowest BCUT2D eigenvalue weighted by Crippen LogP contribution is -2.54. The summed E-state index contributed by atoms with van der Waals surface area (Å²) in [5.41, 5.74) is 1.79. The highest BCUT2D eigenvalue weighted by molar-refractivity contribution is 7.92. The second-order valence-electron chi connectivity index (χ2n) is 11.5. The number of hydrogen-bond donors (Lipinski definition) is 1. The summed E-state index contributed by atoms with van der Waals surface area (Å²) in [6.07, 6.45) is 4.02. The molecule has 1 aliphatic carbocycles. The standard InChI is InChI=1S/C36H37Cl2N3O5S/c1-46-32-16-7-11-27(21-32)24-40(34(22-26-9-3-2-4-10-26)36(43)39-30-13-5-6-14-30)35(42)25-41(31-15-8-12-29(38)23-31)47(44,45)33-19-17-28(37)18-20-33/h2-4,7-12,15-21,23,30,34H,5-6,13-14,22,24-25H2,1H3,(H,39,43)/t34-/m0/s1. The summed E-state index contributed by atoms with van der Waals surface area (Å²) < 4.78 is 34.8. The molecule has 0 heterocycles. The minimum Gasteiger partial charge on any atom is -0.497 e. The molecule has 0 radical (unpaired) electrons. The van der Waals surface area contributed by atoms with E-state index in [1.807, 2.05) is 42.5 Å². The number of ether oxygens (including phenoxy) is 1. The molecule has 0 saturated heterocycles. The maximum absolute atomic E-state index is 14.6. The lowest BCUT2D eigenvalue weighted by Gasteiger charge is -2.34. The fourth-order valence-electron chi connectivity index (χ4n) is 5.78. The Morgan fingerprint density at radius 1 is 0.851 bits per heavy atom. The third kappa shape index (κ3) is 8.86. The van der Waals surface area contributed by atoms with E-state index in [4.69, 9.17) is 27.9 Å². The van der Waals surface area contributed by atoms with E-state index >= 15 is 0 Å². The van der Waals surface area contributed by atoms with E-state index in [1.54, 1.807) is 37.4 Å². The van der Waals surface area contributed by atoms with Crippen LogP contribution >= 0.6 is 23.2 Å². The Morgan fingerprint density at radius 3 is 2.21 bits per heavy atom. The average Bonchev–Trinajstić information content (AvgIpc) is 3.59. The van der Waals surface area contributed by atoms with Crippen LogP contribution in [0.2, 0.25) is 10.0 Å². The van der Waals surface area contributed by atoms with Gasteiger partial charge in [0.15, 0.2) is 0 Å². The molecule has 11 heteroatoms. The Morgan fingerprint density at radius 2 is 1.53 bits per heavy atom. The number of hydrogen-bond acceptors (Lipinski definition) is 5. The third-order valence-corrected chi connectivity index (χ3v) is 10.5. The highest BCUT2D eigenvalue weighted by Crippen LogP contribution is 2.28. The highest BCUT2D eigenvalue weighted by Gasteiger charge is 2.35. The molecule has 47 heavy (non-hydrogen) atoms. The van der Waals surface area contributed by atoms with Gasteiger partial charge in [-0.05, 0) is 78.6 Å². The maximum Gasteiger partial charge on any atom is 0.264 e. The van der Waals surface area contributed by atoms with Crippen LogP contribution < -0.4 is 14.4 Å². The monoisotopic (exact) mass is 693 g/mol. The van der Waals surface area contributed by atoms with Crippen LogP contribution in [0.15, 0.2) is 108 Å². The van der Waals surface area contributed by atoms with Crippen molar-refractivity contribution in [2.45, 2.75) is 55.6 Å². The summed E-state index contributed by atoms with van der Waals surface area (Å²) in [7, 11) is -2.72. The molecule has 0 aliphatic heterocycles. The van der Waals surface area contributed by atoms with Gasteiger partial charge in [0, 0.05) is 29.1 Å². The molecular weight excluding hydrogens is 657 g/mol. The van der Waals surface area contributed by atoms with Crippen LogP contribution in [-0.2, 0) is 32.6 Å². The number of amides is 2. The third-order valence-electron chi connectivity index (χ3n) is 8.24. The quantitative estimate of drug-likeness (QED) is 0.164. The van der Waals surface area contributed by atoms with Crippen molar-refractivity contribution < 1.29 is 22.7 Å². The molecule has 4 aromatic rings. The first-order chi connectivity index (χ1) is 22.6. The zero-order chi connectivity index (χ0) is 33.4. The van der Waals surface area contributed by atoms with E-state index in [9.17, 15) is 18.0 Å². The van der Waals surface area contributed by atoms with Gasteiger partial charge in [0.2, 0.25) is 11.8 Å². The maximum atomic E-state index is 14.6. The van der Waals surface area contributed by atoms with Gasteiger partial charge in [0.1, 0.15) is 18.3 Å². The molecule has 0 aromatic heterocycles. The Balaban J connectivity index is 1.57. The van der Waals surface area contributed by atoms with Gasteiger partial charge in [-0.1, -0.05) is 84.6 Å². The van der Waals surface area contributed by atoms with Crippen molar-refractivity contribution >= 4 is 50.7 Å². The van der Waals surface area contributed by atoms with Gasteiger partial charge in [0.05, 0.1) is 17.7 Å². The fourth-order valence-corrected chi connectivity index (χ4v) is 7.50. The van der Waals surface area contributed by atoms with Crippen molar-refractivity contribution in [1.29, 1.82) is 0 Å². The molecule has 8 nitrogen and oxygen atoms in total. The number of carbonyl (C=O) groups is 2. The molecule has 1 atom stereocenters. The Labute approximate surface area is 286 Å². The van der Waals surface area contributed by atoms with E-state index in [0.717, 1.165) is 41.1 Å². The number of methoxy groups -OCH3 is 1. The molecule has 4 aromatic carbocycles. The van der Waals surface area contributed by atoms with Crippen LogP contribution in [0.1, 0.15) is 36.8 Å². The lowest BCUT2D eigenvalue weighted by atomic mass is 10.0. The van der Waals surface area contributed by atoms with Crippen LogP contribution in [0.4, 0.5) is 5.69 Å². The first-order valence-corrected chi connectivity index (χ1v) is 17.6.